The van der Waals surface area contributed by atoms with Crippen molar-refractivity contribution in [1.29, 1.82) is 0 Å². The number of hydrogen-bond acceptors (Lipinski definition) is 11. The second-order valence-corrected chi connectivity index (χ2v) is 13.9. The van der Waals surface area contributed by atoms with Crippen LogP contribution in [0.25, 0.3) is 0 Å². The van der Waals surface area contributed by atoms with Crippen molar-refractivity contribution in [3.8, 4) is 28.7 Å². The van der Waals surface area contributed by atoms with Crippen LogP contribution in [0.5, 0.6) is 28.7 Å². The number of fused-ring (bicyclic) bond motifs is 2. The van der Waals surface area contributed by atoms with Crippen molar-refractivity contribution in [3.05, 3.63) is 131 Å². The molecule has 0 saturated carbocycles. The number of likely N-dealkylation sites (N-methyl/N-ethyl adjacent to an activating group) is 1. The van der Waals surface area contributed by atoms with Gasteiger partial charge in [0.2, 0.25) is 0 Å². The second-order valence-electron chi connectivity index (χ2n) is 13.9. The molecule has 4 aromatic rings. The lowest BCUT2D eigenvalue weighted by Crippen LogP contribution is -2.29. The summed E-state index contributed by atoms with van der Waals surface area (Å²) in [5.41, 5.74) is 5.40. The molecule has 0 saturated heterocycles. The van der Waals surface area contributed by atoms with E-state index in [4.69, 9.17) is 28.4 Å². The molecular formula is C47H48N4O9. The predicted octanol–water partition coefficient (Wildman–Crippen LogP) is 8.53. The average molecular weight is 813 g/mol. The SMILES string of the molecule is C=Nc1cc(OCc2cc(COc3cc4c(cc3OC)C(=O)N(C)C(=C)/C=C\C=C/C=N4)cc(OCCCCC(=O)OC)c2)c(OC)cc1C(=O)N1CCc2ccccc21. The number of methoxy groups -OCH3 is 3. The quantitative estimate of drug-likeness (QED) is 0.0619. The summed E-state index contributed by atoms with van der Waals surface area (Å²) in [5.74, 6) is 1.21. The topological polar surface area (TPSA) is 138 Å². The summed E-state index contributed by atoms with van der Waals surface area (Å²) in [6, 6.07) is 20.0. The van der Waals surface area contributed by atoms with Gasteiger partial charge in [0, 0.05) is 49.7 Å². The molecule has 0 aromatic heterocycles. The lowest BCUT2D eigenvalue weighted by Gasteiger charge is -2.20. The zero-order valence-corrected chi connectivity index (χ0v) is 34.3. The Balaban J connectivity index is 1.25. The molecule has 0 N–H and O–H groups in total. The van der Waals surface area contributed by atoms with Gasteiger partial charge >= 0.3 is 5.97 Å². The smallest absolute Gasteiger partial charge is 0.305 e. The van der Waals surface area contributed by atoms with Gasteiger partial charge < -0.3 is 38.2 Å². The molecule has 4 aromatic carbocycles. The van der Waals surface area contributed by atoms with E-state index in [1.165, 1.54) is 26.2 Å². The molecule has 2 heterocycles. The summed E-state index contributed by atoms with van der Waals surface area (Å²) in [6.07, 6.45) is 11.0. The van der Waals surface area contributed by atoms with Crippen LogP contribution in [0, 0.1) is 0 Å². The molecule has 0 atom stereocenters. The van der Waals surface area contributed by atoms with E-state index in [0.29, 0.717) is 89.4 Å². The zero-order chi connectivity index (χ0) is 42.6. The number of unbranched alkanes of at least 4 members (excludes halogenated alkanes) is 1. The third-order valence-electron chi connectivity index (χ3n) is 9.96. The van der Waals surface area contributed by atoms with Crippen molar-refractivity contribution in [2.75, 3.05) is 46.4 Å². The molecule has 0 spiro atoms. The van der Waals surface area contributed by atoms with Crippen LogP contribution >= 0.6 is 0 Å². The van der Waals surface area contributed by atoms with Crippen LogP contribution < -0.4 is 28.6 Å². The maximum absolute atomic E-state index is 13.8. The Bertz CT molecular complexity index is 2370. The van der Waals surface area contributed by atoms with Gasteiger partial charge in [-0.1, -0.05) is 36.9 Å². The molecule has 13 heteroatoms. The van der Waals surface area contributed by atoms with Gasteiger partial charge in [0.15, 0.2) is 23.0 Å². The molecule has 2 aliphatic heterocycles. The fourth-order valence-electron chi connectivity index (χ4n) is 6.71. The molecule has 0 radical (unpaired) electrons. The minimum Gasteiger partial charge on any atom is -0.494 e. The minimum atomic E-state index is -0.309. The number of rotatable bonds is 16. The third-order valence-corrected chi connectivity index (χ3v) is 9.96. The summed E-state index contributed by atoms with van der Waals surface area (Å²) < 4.78 is 35.0. The van der Waals surface area contributed by atoms with Gasteiger partial charge in [0.05, 0.1) is 50.4 Å². The lowest BCUT2D eigenvalue weighted by molar-refractivity contribution is -0.140. The van der Waals surface area contributed by atoms with Crippen LogP contribution in [0.1, 0.15) is 56.7 Å². The van der Waals surface area contributed by atoms with E-state index < -0.39 is 0 Å². The van der Waals surface area contributed by atoms with Crippen LogP contribution in [0.2, 0.25) is 0 Å². The number of esters is 1. The number of anilines is 1. The minimum absolute atomic E-state index is 0.0875. The molecule has 13 nitrogen and oxygen atoms in total. The van der Waals surface area contributed by atoms with Crippen molar-refractivity contribution >= 4 is 47.8 Å². The highest BCUT2D eigenvalue weighted by atomic mass is 16.5. The predicted molar refractivity (Wildman–Crippen MR) is 231 cm³/mol. The maximum Gasteiger partial charge on any atom is 0.305 e. The molecule has 0 unspecified atom stereocenters. The number of nitrogens with zero attached hydrogens (tertiary/aromatic N) is 4. The fourth-order valence-corrected chi connectivity index (χ4v) is 6.71. The number of ether oxygens (including phenoxy) is 6. The Morgan fingerprint density at radius 2 is 1.55 bits per heavy atom. The van der Waals surface area contributed by atoms with Crippen molar-refractivity contribution in [2.45, 2.75) is 38.9 Å². The Morgan fingerprint density at radius 1 is 0.833 bits per heavy atom. The Kier molecular flexibility index (Phi) is 14.2. The molecule has 0 aliphatic carbocycles. The van der Waals surface area contributed by atoms with Crippen LogP contribution in [0.15, 0.2) is 113 Å². The Morgan fingerprint density at radius 3 is 2.27 bits per heavy atom. The van der Waals surface area contributed by atoms with Crippen molar-refractivity contribution in [2.24, 2.45) is 9.98 Å². The Hall–Kier alpha value is -7.15. The molecule has 2 aliphatic rings. The van der Waals surface area contributed by atoms with E-state index in [0.717, 1.165) is 28.8 Å². The van der Waals surface area contributed by atoms with Crippen molar-refractivity contribution < 1.29 is 42.8 Å². The van der Waals surface area contributed by atoms with Gasteiger partial charge in [-0.25, -0.2) is 0 Å². The van der Waals surface area contributed by atoms with Crippen LogP contribution in [0.4, 0.5) is 17.1 Å². The number of aliphatic imine (C=N–C) groups is 2. The first-order chi connectivity index (χ1) is 29.1. The number of amides is 2. The number of para-hydroxylation sites is 1. The summed E-state index contributed by atoms with van der Waals surface area (Å²) in [6.45, 7) is 8.82. The summed E-state index contributed by atoms with van der Waals surface area (Å²) in [7, 11) is 6.03. The number of carbonyl (C=O) groups is 3. The summed E-state index contributed by atoms with van der Waals surface area (Å²) >= 11 is 0. The number of benzene rings is 4. The molecule has 310 valence electrons. The maximum atomic E-state index is 13.8. The first-order valence-corrected chi connectivity index (χ1v) is 19.4. The van der Waals surface area contributed by atoms with E-state index in [-0.39, 0.29) is 31.0 Å². The van der Waals surface area contributed by atoms with Gasteiger partial charge in [-0.15, -0.1) is 0 Å². The zero-order valence-electron chi connectivity index (χ0n) is 34.3. The number of carbonyl (C=O) groups excluding carboxylic acids is 3. The number of hydrogen-bond donors (Lipinski definition) is 0. The molecule has 6 rings (SSSR count). The fraction of sp³-hybridized carbons (Fsp3) is 0.255. The highest BCUT2D eigenvalue weighted by molar-refractivity contribution is 6.11. The van der Waals surface area contributed by atoms with Gasteiger partial charge in [0.1, 0.15) is 19.0 Å². The Labute approximate surface area is 349 Å². The van der Waals surface area contributed by atoms with E-state index in [9.17, 15) is 14.4 Å². The third kappa shape index (κ3) is 10.1. The lowest BCUT2D eigenvalue weighted by atomic mass is 10.1. The molecule has 0 fully saturated rings. The monoisotopic (exact) mass is 812 g/mol. The first-order valence-electron chi connectivity index (χ1n) is 19.4. The average Bonchev–Trinajstić information content (AvgIpc) is 3.70. The van der Waals surface area contributed by atoms with Crippen molar-refractivity contribution in [3.63, 3.8) is 0 Å². The molecule has 60 heavy (non-hydrogen) atoms. The molecule has 0 bridgehead atoms. The normalized spacial score (nSPS) is 14.3. The summed E-state index contributed by atoms with van der Waals surface area (Å²) in [5, 5.41) is 0. The van der Waals surface area contributed by atoms with Gasteiger partial charge in [-0.05, 0) is 91.2 Å². The van der Waals surface area contributed by atoms with Gasteiger partial charge in [-0.2, -0.15) is 0 Å². The highest BCUT2D eigenvalue weighted by Crippen LogP contribution is 2.39. The first kappa shape index (κ1) is 42.5. The molecule has 2 amide bonds. The van der Waals surface area contributed by atoms with E-state index in [2.05, 4.69) is 23.3 Å². The molecular weight excluding hydrogens is 765 g/mol. The van der Waals surface area contributed by atoms with Crippen molar-refractivity contribution in [1.82, 2.24) is 4.90 Å². The summed E-state index contributed by atoms with van der Waals surface area (Å²) in [4.78, 5) is 50.9. The van der Waals surface area contributed by atoms with E-state index in [1.54, 1.807) is 66.7 Å². The van der Waals surface area contributed by atoms with Gasteiger partial charge in [-0.3, -0.25) is 24.4 Å². The second kappa shape index (κ2) is 20.0. The van der Waals surface area contributed by atoms with Gasteiger partial charge in [0.25, 0.3) is 11.8 Å². The van der Waals surface area contributed by atoms with Crippen LogP contribution in [-0.2, 0) is 29.2 Å². The largest absolute Gasteiger partial charge is 0.494 e. The van der Waals surface area contributed by atoms with E-state index >= 15 is 0 Å². The van der Waals surface area contributed by atoms with Crippen LogP contribution in [0.3, 0.4) is 0 Å². The highest BCUT2D eigenvalue weighted by Gasteiger charge is 2.28. The van der Waals surface area contributed by atoms with E-state index in [1.807, 2.05) is 42.5 Å². The standard InChI is InChI=1S/C47H48N4O9/c1-31-14-8-7-12-19-49-39-28-44(42(56-5)26-37(39)46(53)50(31)3)60-30-33-22-32(23-35(24-33)58-21-13-11-17-45(52)57-6)29-59-43-27-38(48-2)36(25-41(43)55-4)47(54)51-20-18-34-15-9-10-16-40(34)51/h7-10,12,14-16,19,22-28H,1-2,11,13,17-18,20-21,29-30H2,3-6H3/b12-7-,14-8-,49-19?. The number of allylic oxidation sites excluding steroid dienone is 4. The van der Waals surface area contributed by atoms with Crippen LogP contribution in [-0.4, -0.2) is 77.1 Å².